The first-order chi connectivity index (χ1) is 25.6. The third kappa shape index (κ3) is 5.09. The van der Waals surface area contributed by atoms with Crippen LogP contribution in [-0.4, -0.2) is 15.0 Å². The fourth-order valence-electron chi connectivity index (χ4n) is 7.42. The summed E-state index contributed by atoms with van der Waals surface area (Å²) in [6, 6.07) is 59.3. The summed E-state index contributed by atoms with van der Waals surface area (Å²) in [5, 5.41) is 2.46. The molecule has 0 spiro atoms. The van der Waals surface area contributed by atoms with Crippen LogP contribution in [-0.2, 0) is 5.60 Å². The molecule has 0 fully saturated rings. The Bertz CT molecular complexity index is 2720. The SMILES string of the molecule is CC1(c2ccccc2)Oc2cc(-c3ccc4c(c3)sc3cc(-c5nc(-c6ccccc6)nc(-c6ccccc6)n5)ccc34)ccc2-c2ccccc21. The number of benzene rings is 7. The molecular weight excluding hydrogens is 655 g/mol. The summed E-state index contributed by atoms with van der Waals surface area (Å²) in [5.74, 6) is 2.87. The Hall–Kier alpha value is -6.43. The zero-order valence-electron chi connectivity index (χ0n) is 28.3. The maximum atomic E-state index is 6.94. The number of nitrogens with zero attached hydrogens (tertiary/aromatic N) is 3. The summed E-state index contributed by atoms with van der Waals surface area (Å²) in [7, 11) is 0. The maximum absolute atomic E-state index is 6.94. The number of thiophene rings is 1. The molecule has 2 aromatic heterocycles. The van der Waals surface area contributed by atoms with Gasteiger partial charge in [-0.1, -0.05) is 152 Å². The van der Waals surface area contributed by atoms with Crippen molar-refractivity contribution in [2.24, 2.45) is 0 Å². The standard InChI is InChI=1S/C47H31N3OS/c1-47(35-17-9-4-10-18-35)40-20-12-11-19-36(40)37-24-21-32(27-41(37)51-47)33-22-25-38-39-26-23-34(29-43(39)52-42(38)28-33)46-49-44(30-13-5-2-6-14-30)48-45(50-46)31-15-7-3-8-16-31/h2-29H,1H3. The molecule has 1 atom stereocenters. The van der Waals surface area contributed by atoms with E-state index in [1.165, 1.54) is 31.3 Å². The molecule has 0 saturated carbocycles. The molecule has 1 aliphatic heterocycles. The minimum atomic E-state index is -0.598. The van der Waals surface area contributed by atoms with Crippen molar-refractivity contribution in [3.8, 4) is 62.2 Å². The second kappa shape index (κ2) is 12.1. The molecule has 1 unspecified atom stereocenters. The highest BCUT2D eigenvalue weighted by molar-refractivity contribution is 7.25. The smallest absolute Gasteiger partial charge is 0.164 e. The van der Waals surface area contributed by atoms with E-state index in [-0.39, 0.29) is 0 Å². The minimum Gasteiger partial charge on any atom is -0.477 e. The van der Waals surface area contributed by atoms with Gasteiger partial charge in [-0.2, -0.15) is 0 Å². The zero-order valence-corrected chi connectivity index (χ0v) is 29.1. The molecule has 0 N–H and O–H groups in total. The molecule has 3 heterocycles. The Morgan fingerprint density at radius 3 is 1.60 bits per heavy atom. The lowest BCUT2D eigenvalue weighted by Crippen LogP contribution is -2.34. The van der Waals surface area contributed by atoms with Crippen LogP contribution in [0.15, 0.2) is 170 Å². The second-order valence-electron chi connectivity index (χ2n) is 13.3. The lowest BCUT2D eigenvalue weighted by molar-refractivity contribution is 0.129. The summed E-state index contributed by atoms with van der Waals surface area (Å²) < 4.78 is 9.37. The van der Waals surface area contributed by atoms with Gasteiger partial charge in [0.2, 0.25) is 0 Å². The molecule has 0 aliphatic carbocycles. The number of ether oxygens (including phenoxy) is 1. The second-order valence-corrected chi connectivity index (χ2v) is 14.4. The van der Waals surface area contributed by atoms with E-state index in [1.807, 2.05) is 60.7 Å². The average molecular weight is 686 g/mol. The quantitative estimate of drug-likeness (QED) is 0.181. The van der Waals surface area contributed by atoms with E-state index < -0.39 is 5.60 Å². The Balaban J connectivity index is 1.04. The van der Waals surface area contributed by atoms with Gasteiger partial charge in [0, 0.05) is 48.0 Å². The van der Waals surface area contributed by atoms with Gasteiger partial charge in [0.05, 0.1) is 0 Å². The molecule has 5 heteroatoms. The summed E-state index contributed by atoms with van der Waals surface area (Å²) >= 11 is 1.79. The van der Waals surface area contributed by atoms with Crippen molar-refractivity contribution >= 4 is 31.5 Å². The maximum Gasteiger partial charge on any atom is 0.164 e. The van der Waals surface area contributed by atoms with Crippen LogP contribution in [0.3, 0.4) is 0 Å². The summed E-state index contributed by atoms with van der Waals surface area (Å²) in [4.78, 5) is 14.8. The Kier molecular flexibility index (Phi) is 7.08. The topological polar surface area (TPSA) is 47.9 Å². The van der Waals surface area contributed by atoms with Crippen LogP contribution in [0.2, 0.25) is 0 Å². The molecule has 7 aromatic carbocycles. The Labute approximate surface area is 305 Å². The minimum absolute atomic E-state index is 0.598. The van der Waals surface area contributed by atoms with Crippen molar-refractivity contribution < 1.29 is 4.74 Å². The molecule has 9 aromatic rings. The number of aromatic nitrogens is 3. The van der Waals surface area contributed by atoms with E-state index in [2.05, 4.69) is 116 Å². The van der Waals surface area contributed by atoms with Gasteiger partial charge >= 0.3 is 0 Å². The normalized spacial score (nSPS) is 14.9. The van der Waals surface area contributed by atoms with E-state index in [0.717, 1.165) is 44.7 Å². The van der Waals surface area contributed by atoms with Crippen LogP contribution in [0.1, 0.15) is 18.1 Å². The molecule has 246 valence electrons. The van der Waals surface area contributed by atoms with Crippen LogP contribution in [0, 0.1) is 0 Å². The number of hydrogen-bond acceptors (Lipinski definition) is 5. The van der Waals surface area contributed by atoms with E-state index in [9.17, 15) is 0 Å². The highest BCUT2D eigenvalue weighted by atomic mass is 32.1. The van der Waals surface area contributed by atoms with Gasteiger partial charge < -0.3 is 4.74 Å². The monoisotopic (exact) mass is 685 g/mol. The fourth-order valence-corrected chi connectivity index (χ4v) is 8.61. The van der Waals surface area contributed by atoms with Crippen LogP contribution in [0.4, 0.5) is 0 Å². The average Bonchev–Trinajstić information content (AvgIpc) is 3.59. The first-order valence-corrected chi connectivity index (χ1v) is 18.2. The van der Waals surface area contributed by atoms with Crippen molar-refractivity contribution in [1.29, 1.82) is 0 Å². The lowest BCUT2D eigenvalue weighted by atomic mass is 9.80. The van der Waals surface area contributed by atoms with Crippen molar-refractivity contribution in [3.63, 3.8) is 0 Å². The van der Waals surface area contributed by atoms with Crippen molar-refractivity contribution in [3.05, 3.63) is 181 Å². The number of hydrogen-bond donors (Lipinski definition) is 0. The Morgan fingerprint density at radius 1 is 0.442 bits per heavy atom. The summed E-state index contributed by atoms with van der Waals surface area (Å²) in [6.07, 6.45) is 0. The molecule has 0 bridgehead atoms. The summed E-state index contributed by atoms with van der Waals surface area (Å²) in [6.45, 7) is 2.18. The highest BCUT2D eigenvalue weighted by Gasteiger charge is 2.38. The van der Waals surface area contributed by atoms with Crippen LogP contribution in [0.5, 0.6) is 5.75 Å². The van der Waals surface area contributed by atoms with Crippen molar-refractivity contribution in [2.45, 2.75) is 12.5 Å². The molecule has 1 aliphatic rings. The van der Waals surface area contributed by atoms with Gasteiger partial charge in [-0.25, -0.2) is 15.0 Å². The number of rotatable bonds is 5. The zero-order chi connectivity index (χ0) is 34.6. The van der Waals surface area contributed by atoms with Crippen molar-refractivity contribution in [1.82, 2.24) is 15.0 Å². The van der Waals surface area contributed by atoms with Crippen LogP contribution in [0.25, 0.3) is 76.6 Å². The van der Waals surface area contributed by atoms with Gasteiger partial charge in [0.15, 0.2) is 23.1 Å². The van der Waals surface area contributed by atoms with E-state index >= 15 is 0 Å². The van der Waals surface area contributed by atoms with Crippen LogP contribution >= 0.6 is 11.3 Å². The van der Waals surface area contributed by atoms with Gasteiger partial charge in [-0.3, -0.25) is 0 Å². The first kappa shape index (κ1) is 30.4. The Morgan fingerprint density at radius 2 is 0.942 bits per heavy atom. The summed E-state index contributed by atoms with van der Waals surface area (Å²) in [5.41, 5.74) is 9.20. The predicted octanol–water partition coefficient (Wildman–Crippen LogP) is 12.2. The molecule has 0 amide bonds. The fraction of sp³-hybridized carbons (Fsp3) is 0.0426. The lowest BCUT2D eigenvalue weighted by Gasteiger charge is -2.38. The third-order valence-corrected chi connectivity index (χ3v) is 11.2. The third-order valence-electron chi connectivity index (χ3n) is 10.1. The largest absolute Gasteiger partial charge is 0.477 e. The van der Waals surface area contributed by atoms with Gasteiger partial charge in [0.1, 0.15) is 5.75 Å². The van der Waals surface area contributed by atoms with Gasteiger partial charge in [0.25, 0.3) is 0 Å². The number of fused-ring (bicyclic) bond motifs is 6. The highest BCUT2D eigenvalue weighted by Crippen LogP contribution is 2.49. The van der Waals surface area contributed by atoms with E-state index in [0.29, 0.717) is 17.5 Å². The molecular formula is C47H31N3OS. The predicted molar refractivity (Wildman–Crippen MR) is 213 cm³/mol. The van der Waals surface area contributed by atoms with E-state index in [1.54, 1.807) is 11.3 Å². The molecule has 10 rings (SSSR count). The van der Waals surface area contributed by atoms with Gasteiger partial charge in [-0.05, 0) is 47.4 Å². The van der Waals surface area contributed by atoms with Crippen LogP contribution < -0.4 is 4.74 Å². The molecule has 4 nitrogen and oxygen atoms in total. The van der Waals surface area contributed by atoms with Crippen molar-refractivity contribution in [2.75, 3.05) is 0 Å². The van der Waals surface area contributed by atoms with Gasteiger partial charge in [-0.15, -0.1) is 11.3 Å². The first-order valence-electron chi connectivity index (χ1n) is 17.4. The van der Waals surface area contributed by atoms with E-state index in [4.69, 9.17) is 19.7 Å². The molecule has 0 radical (unpaired) electrons. The molecule has 0 saturated heterocycles. The molecule has 52 heavy (non-hydrogen) atoms.